The molecule has 2 heterocycles. The van der Waals surface area contributed by atoms with Crippen molar-refractivity contribution in [3.8, 4) is 0 Å². The van der Waals surface area contributed by atoms with Crippen LogP contribution in [0.15, 0.2) is 28.9 Å². The number of pyridine rings is 1. The molecule has 0 unspecified atom stereocenters. The van der Waals surface area contributed by atoms with Gasteiger partial charge in [0.05, 0.1) is 11.1 Å². The van der Waals surface area contributed by atoms with Gasteiger partial charge in [0.2, 0.25) is 0 Å². The van der Waals surface area contributed by atoms with Gasteiger partial charge in [-0.05, 0) is 13.0 Å². The maximum absolute atomic E-state index is 11.6. The van der Waals surface area contributed by atoms with E-state index in [4.69, 9.17) is 0 Å². The third-order valence-electron chi connectivity index (χ3n) is 2.24. The zero-order valence-electron chi connectivity index (χ0n) is 9.23. The van der Waals surface area contributed by atoms with Crippen molar-refractivity contribution in [1.82, 2.24) is 4.98 Å². The van der Waals surface area contributed by atoms with Crippen LogP contribution in [0, 0.1) is 6.92 Å². The number of rotatable bonds is 3. The van der Waals surface area contributed by atoms with E-state index < -0.39 is 11.8 Å². The fourth-order valence-electron chi connectivity index (χ4n) is 1.55. The molecule has 0 radical (unpaired) electrons. The highest BCUT2D eigenvalue weighted by molar-refractivity contribution is 6.13. The molecule has 86 valence electrons. The Labute approximate surface area is 97.5 Å². The van der Waals surface area contributed by atoms with Crippen LogP contribution in [0.4, 0.5) is 5.82 Å². The molecule has 0 saturated carbocycles. The number of anilines is 1. The number of fused-ring (bicyclic) bond motifs is 1. The molecule has 1 N–H and O–H groups in total. The molecule has 0 aromatic carbocycles. The Kier molecular flexibility index (Phi) is 2.78. The van der Waals surface area contributed by atoms with Gasteiger partial charge in [-0.25, -0.2) is 4.98 Å². The topological polar surface area (TPSA) is 83.8 Å². The molecular formula is C11H10N4O2. The van der Waals surface area contributed by atoms with Gasteiger partial charge in [0.1, 0.15) is 5.82 Å². The second kappa shape index (κ2) is 4.25. The first-order valence-corrected chi connectivity index (χ1v) is 5.00. The SMILES string of the molecule is C=CCNc1nc(C)cc2c1C(=O)N=NC2=O. The zero-order chi connectivity index (χ0) is 12.4. The third-order valence-corrected chi connectivity index (χ3v) is 2.24. The van der Waals surface area contributed by atoms with Gasteiger partial charge in [0.15, 0.2) is 0 Å². The maximum Gasteiger partial charge on any atom is 0.300 e. The fourth-order valence-corrected chi connectivity index (χ4v) is 1.55. The smallest absolute Gasteiger partial charge is 0.300 e. The van der Waals surface area contributed by atoms with Crippen LogP contribution in [-0.4, -0.2) is 23.3 Å². The van der Waals surface area contributed by atoms with Crippen LogP contribution in [0.1, 0.15) is 26.4 Å². The summed E-state index contributed by atoms with van der Waals surface area (Å²) in [5, 5.41) is 9.47. The van der Waals surface area contributed by atoms with E-state index in [0.29, 0.717) is 18.1 Å². The minimum absolute atomic E-state index is 0.178. The van der Waals surface area contributed by atoms with Crippen LogP contribution in [0.5, 0.6) is 0 Å². The van der Waals surface area contributed by atoms with Crippen molar-refractivity contribution < 1.29 is 9.59 Å². The Bertz CT molecular complexity index is 549. The van der Waals surface area contributed by atoms with E-state index in [0.717, 1.165) is 0 Å². The van der Waals surface area contributed by atoms with Crippen molar-refractivity contribution in [3.63, 3.8) is 0 Å². The van der Waals surface area contributed by atoms with Crippen molar-refractivity contribution in [1.29, 1.82) is 0 Å². The summed E-state index contributed by atoms with van der Waals surface area (Å²) in [7, 11) is 0. The predicted octanol–water partition coefficient (Wildman–Crippen LogP) is 1.73. The lowest BCUT2D eigenvalue weighted by Gasteiger charge is -2.13. The Morgan fingerprint density at radius 1 is 1.35 bits per heavy atom. The van der Waals surface area contributed by atoms with E-state index in [1.807, 2.05) is 0 Å². The molecule has 0 spiro atoms. The first-order chi connectivity index (χ1) is 8.13. The number of amides is 2. The number of hydrogen-bond acceptors (Lipinski definition) is 4. The van der Waals surface area contributed by atoms with Crippen LogP contribution in [0.3, 0.4) is 0 Å². The minimum atomic E-state index is -0.557. The molecule has 6 heteroatoms. The molecule has 1 aliphatic heterocycles. The van der Waals surface area contributed by atoms with Gasteiger partial charge in [-0.2, -0.15) is 0 Å². The highest BCUT2D eigenvalue weighted by Crippen LogP contribution is 2.24. The molecule has 0 atom stereocenters. The number of nitrogens with one attached hydrogen (secondary N) is 1. The van der Waals surface area contributed by atoms with Crippen LogP contribution in [0.25, 0.3) is 0 Å². The number of carbonyl (C=O) groups is 2. The summed E-state index contributed by atoms with van der Waals surface area (Å²) in [5.74, 6) is -0.734. The average molecular weight is 230 g/mol. The molecule has 2 amide bonds. The van der Waals surface area contributed by atoms with Gasteiger partial charge >= 0.3 is 0 Å². The molecule has 0 bridgehead atoms. The summed E-state index contributed by atoms with van der Waals surface area (Å²) >= 11 is 0. The molecule has 1 aromatic heterocycles. The van der Waals surface area contributed by atoms with E-state index in [-0.39, 0.29) is 11.1 Å². The Morgan fingerprint density at radius 2 is 2.06 bits per heavy atom. The molecule has 17 heavy (non-hydrogen) atoms. The van der Waals surface area contributed by atoms with Crippen molar-refractivity contribution in [2.75, 3.05) is 11.9 Å². The number of aryl methyl sites for hydroxylation is 1. The lowest BCUT2D eigenvalue weighted by atomic mass is 10.1. The fraction of sp³-hybridized carbons (Fsp3) is 0.182. The van der Waals surface area contributed by atoms with Crippen molar-refractivity contribution in [2.24, 2.45) is 10.2 Å². The normalized spacial score (nSPS) is 13.5. The number of nitrogens with zero attached hydrogens (tertiary/aromatic N) is 3. The summed E-state index contributed by atoms with van der Waals surface area (Å²) < 4.78 is 0. The zero-order valence-corrected chi connectivity index (χ0v) is 9.23. The first-order valence-electron chi connectivity index (χ1n) is 5.00. The number of aromatic nitrogens is 1. The highest BCUT2D eigenvalue weighted by Gasteiger charge is 2.26. The standard InChI is InChI=1S/C11H10N4O2/c1-3-4-12-9-8-7(5-6(2)13-9)10(16)14-15-11(8)17/h3,5H,1,4H2,2H3,(H,12,13). The molecule has 0 aliphatic carbocycles. The van der Waals surface area contributed by atoms with Crippen molar-refractivity contribution in [3.05, 3.63) is 35.5 Å². The van der Waals surface area contributed by atoms with Crippen LogP contribution in [-0.2, 0) is 0 Å². The molecule has 1 aromatic rings. The predicted molar refractivity (Wildman–Crippen MR) is 61.2 cm³/mol. The van der Waals surface area contributed by atoms with Crippen molar-refractivity contribution in [2.45, 2.75) is 6.92 Å². The van der Waals surface area contributed by atoms with E-state index in [1.54, 1.807) is 13.0 Å². The Balaban J connectivity index is 2.58. The molecule has 0 saturated heterocycles. The number of hydrogen-bond donors (Lipinski definition) is 1. The summed E-state index contributed by atoms with van der Waals surface area (Å²) in [5.41, 5.74) is 1.05. The monoisotopic (exact) mass is 230 g/mol. The second-order valence-corrected chi connectivity index (χ2v) is 3.51. The second-order valence-electron chi connectivity index (χ2n) is 3.51. The van der Waals surface area contributed by atoms with Gasteiger partial charge in [0, 0.05) is 12.2 Å². The van der Waals surface area contributed by atoms with E-state index >= 15 is 0 Å². The van der Waals surface area contributed by atoms with Crippen LogP contribution < -0.4 is 5.32 Å². The van der Waals surface area contributed by atoms with E-state index in [2.05, 4.69) is 27.1 Å². The molecule has 0 fully saturated rings. The third kappa shape index (κ3) is 1.96. The van der Waals surface area contributed by atoms with Crippen molar-refractivity contribution >= 4 is 17.6 Å². The van der Waals surface area contributed by atoms with E-state index in [9.17, 15) is 9.59 Å². The number of carbonyl (C=O) groups excluding carboxylic acids is 2. The lowest BCUT2D eigenvalue weighted by Crippen LogP contribution is -2.17. The molecule has 2 rings (SSSR count). The van der Waals surface area contributed by atoms with Crippen LogP contribution >= 0.6 is 0 Å². The molecule has 1 aliphatic rings. The summed E-state index contributed by atoms with van der Waals surface area (Å²) in [6.07, 6.45) is 1.63. The van der Waals surface area contributed by atoms with Gasteiger partial charge < -0.3 is 5.32 Å². The summed E-state index contributed by atoms with van der Waals surface area (Å²) in [6, 6.07) is 1.53. The Morgan fingerprint density at radius 3 is 2.76 bits per heavy atom. The number of azo groups is 1. The van der Waals surface area contributed by atoms with Gasteiger partial charge in [0.25, 0.3) is 11.8 Å². The lowest BCUT2D eigenvalue weighted by molar-refractivity contribution is 0.0921. The van der Waals surface area contributed by atoms with Gasteiger partial charge in [-0.1, -0.05) is 6.08 Å². The quantitative estimate of drug-likeness (QED) is 0.801. The van der Waals surface area contributed by atoms with Crippen LogP contribution in [0.2, 0.25) is 0 Å². The van der Waals surface area contributed by atoms with Gasteiger partial charge in [-0.3, -0.25) is 9.59 Å². The van der Waals surface area contributed by atoms with Gasteiger partial charge in [-0.15, -0.1) is 16.8 Å². The Hall–Kier alpha value is -2.37. The summed E-state index contributed by atoms with van der Waals surface area (Å²) in [6.45, 7) is 5.75. The molecular weight excluding hydrogens is 220 g/mol. The first kappa shape index (κ1) is 11.1. The highest BCUT2D eigenvalue weighted by atomic mass is 16.2. The average Bonchev–Trinajstić information content (AvgIpc) is 2.30. The summed E-state index contributed by atoms with van der Waals surface area (Å²) in [4.78, 5) is 27.3. The molecule has 6 nitrogen and oxygen atoms in total. The maximum atomic E-state index is 11.6. The van der Waals surface area contributed by atoms with E-state index in [1.165, 1.54) is 6.07 Å². The minimum Gasteiger partial charge on any atom is -0.366 e. The largest absolute Gasteiger partial charge is 0.366 e.